The highest BCUT2D eigenvalue weighted by molar-refractivity contribution is 6.00. The molecule has 2 aliphatic rings. The van der Waals surface area contributed by atoms with Gasteiger partial charge < -0.3 is 34.8 Å². The Kier molecular flexibility index (Phi) is 11.3. The van der Waals surface area contributed by atoms with Gasteiger partial charge in [0, 0.05) is 82.9 Å². The van der Waals surface area contributed by atoms with Gasteiger partial charge >= 0.3 is 18.3 Å². The third-order valence-electron chi connectivity index (χ3n) is 8.26. The third kappa shape index (κ3) is 10.3. The first kappa shape index (κ1) is 37.3. The van der Waals surface area contributed by atoms with E-state index in [0.717, 1.165) is 25.2 Å². The quantitative estimate of drug-likeness (QED) is 0.281. The first-order chi connectivity index (χ1) is 24.0. The molecule has 0 unspecified atom stereocenters. The molecule has 2 aliphatic heterocycles. The Morgan fingerprint density at radius 2 is 1.49 bits per heavy atom. The number of hydrogen-bond donors (Lipinski definition) is 2. The number of benzene rings is 2. The van der Waals surface area contributed by atoms with Crippen LogP contribution in [-0.4, -0.2) is 108 Å². The van der Waals surface area contributed by atoms with Gasteiger partial charge in [0.1, 0.15) is 28.6 Å². The average Bonchev–Trinajstić information content (AvgIpc) is 3.06. The number of aromatic nitrogens is 1. The summed E-state index contributed by atoms with van der Waals surface area (Å²) in [6, 6.07) is 9.18. The summed E-state index contributed by atoms with van der Waals surface area (Å²) >= 11 is 0. The summed E-state index contributed by atoms with van der Waals surface area (Å²) in [7, 11) is 1.96. The van der Waals surface area contributed by atoms with Crippen molar-refractivity contribution >= 4 is 29.4 Å². The zero-order valence-corrected chi connectivity index (χ0v) is 28.8. The van der Waals surface area contributed by atoms with Crippen LogP contribution in [0, 0.1) is 5.82 Å². The molecular weight excluding hydrogens is 674 g/mol. The molecule has 0 saturated carbocycles. The van der Waals surface area contributed by atoms with Crippen LogP contribution in [0.3, 0.4) is 0 Å². The van der Waals surface area contributed by atoms with Crippen LogP contribution in [0.25, 0.3) is 0 Å². The Hall–Kier alpha value is -4.96. The van der Waals surface area contributed by atoms with Crippen molar-refractivity contribution in [2.45, 2.75) is 39.1 Å². The Balaban J connectivity index is 1.16. The molecule has 2 saturated heterocycles. The molecule has 51 heavy (non-hydrogen) atoms. The summed E-state index contributed by atoms with van der Waals surface area (Å²) in [6.07, 6.45) is -3.71. The minimum Gasteiger partial charge on any atom is -0.457 e. The predicted molar refractivity (Wildman–Crippen MR) is 181 cm³/mol. The second-order valence-corrected chi connectivity index (χ2v) is 13.4. The molecule has 0 bridgehead atoms. The van der Waals surface area contributed by atoms with Crippen LogP contribution >= 0.6 is 0 Å². The van der Waals surface area contributed by atoms with Gasteiger partial charge in [-0.3, -0.25) is 14.7 Å². The summed E-state index contributed by atoms with van der Waals surface area (Å²) < 4.78 is 68.0. The number of amides is 4. The van der Waals surface area contributed by atoms with Gasteiger partial charge in [0.25, 0.3) is 5.91 Å². The van der Waals surface area contributed by atoms with Gasteiger partial charge in [0.15, 0.2) is 0 Å². The molecule has 0 aliphatic carbocycles. The van der Waals surface area contributed by atoms with Crippen LogP contribution in [0.5, 0.6) is 11.5 Å². The Morgan fingerprint density at radius 1 is 0.824 bits per heavy atom. The number of rotatable bonds is 7. The molecule has 1 aromatic heterocycles. The number of piperazine rings is 2. The SMILES string of the molecule is CN1CCN(Cc2ccc(NC(=O)Nc3ccc(Oc4ccnc(C(=O)N5CCN(C(=O)OC(C)(C)C)CC5)c4)cc3F)cc2C(F)(F)F)CC1. The van der Waals surface area contributed by atoms with Crippen LogP contribution in [-0.2, 0) is 17.5 Å². The van der Waals surface area contributed by atoms with Crippen molar-refractivity contribution in [3.05, 3.63) is 77.4 Å². The third-order valence-corrected chi connectivity index (χ3v) is 8.26. The van der Waals surface area contributed by atoms with Crippen LogP contribution in [0.2, 0.25) is 0 Å². The molecule has 274 valence electrons. The normalized spacial score (nSPS) is 16.1. The molecule has 2 fully saturated rings. The number of urea groups is 1. The second-order valence-electron chi connectivity index (χ2n) is 13.4. The Bertz CT molecular complexity index is 1730. The van der Waals surface area contributed by atoms with E-state index in [4.69, 9.17) is 9.47 Å². The van der Waals surface area contributed by atoms with E-state index in [1.807, 2.05) is 11.9 Å². The smallest absolute Gasteiger partial charge is 0.416 e. The van der Waals surface area contributed by atoms with Gasteiger partial charge in [0.2, 0.25) is 0 Å². The molecular formula is C35H41F4N7O5. The summed E-state index contributed by atoms with van der Waals surface area (Å²) in [5.74, 6) is -0.975. The van der Waals surface area contributed by atoms with Gasteiger partial charge in [0.05, 0.1) is 11.3 Å². The minimum absolute atomic E-state index is 0.0554. The van der Waals surface area contributed by atoms with Gasteiger partial charge in [-0.15, -0.1) is 0 Å². The lowest BCUT2D eigenvalue weighted by molar-refractivity contribution is -0.138. The number of nitrogens with zero attached hydrogens (tertiary/aromatic N) is 5. The van der Waals surface area contributed by atoms with E-state index in [-0.39, 0.29) is 59.7 Å². The number of carbonyl (C=O) groups is 3. The maximum absolute atomic E-state index is 15.0. The number of hydrogen-bond acceptors (Lipinski definition) is 8. The van der Waals surface area contributed by atoms with Crippen LogP contribution in [0.1, 0.15) is 42.4 Å². The van der Waals surface area contributed by atoms with Crippen LogP contribution < -0.4 is 15.4 Å². The van der Waals surface area contributed by atoms with E-state index < -0.39 is 35.3 Å². The summed E-state index contributed by atoms with van der Waals surface area (Å²) in [4.78, 5) is 49.4. The van der Waals surface area contributed by atoms with E-state index in [1.165, 1.54) is 47.5 Å². The van der Waals surface area contributed by atoms with Gasteiger partial charge in [-0.25, -0.2) is 14.0 Å². The lowest BCUT2D eigenvalue weighted by atomic mass is 10.0. The van der Waals surface area contributed by atoms with Crippen LogP contribution in [0.15, 0.2) is 54.7 Å². The molecule has 3 aromatic rings. The number of anilines is 2. The molecule has 16 heteroatoms. The summed E-state index contributed by atoms with van der Waals surface area (Å²) in [5.41, 5.74) is -1.63. The average molecular weight is 716 g/mol. The fraction of sp³-hybridized carbons (Fsp3) is 0.429. The Morgan fingerprint density at radius 3 is 2.14 bits per heavy atom. The van der Waals surface area contributed by atoms with Gasteiger partial charge in [-0.1, -0.05) is 6.07 Å². The highest BCUT2D eigenvalue weighted by atomic mass is 19.4. The lowest BCUT2D eigenvalue weighted by Crippen LogP contribution is -2.51. The van der Waals surface area contributed by atoms with Crippen molar-refractivity contribution in [2.24, 2.45) is 0 Å². The lowest BCUT2D eigenvalue weighted by Gasteiger charge is -2.35. The van der Waals surface area contributed by atoms with E-state index in [1.54, 1.807) is 25.7 Å². The summed E-state index contributed by atoms with van der Waals surface area (Å²) in [6.45, 7) is 9.43. The molecule has 2 aromatic carbocycles. The number of likely N-dealkylation sites (N-methyl/N-ethyl adjacent to an activating group) is 1. The van der Waals surface area contributed by atoms with Crippen molar-refractivity contribution in [1.29, 1.82) is 0 Å². The Labute approximate surface area is 293 Å². The first-order valence-corrected chi connectivity index (χ1v) is 16.4. The summed E-state index contributed by atoms with van der Waals surface area (Å²) in [5, 5.41) is 4.65. The largest absolute Gasteiger partial charge is 0.457 e. The standard InChI is InChI=1S/C35H41F4N7O5/c1-34(2,3)51-33(49)46-17-15-45(16-18-46)31(47)30-21-26(9-10-40-30)50-25-7-8-29(28(36)20-25)42-32(48)41-24-6-5-23(27(19-24)35(37,38)39)22-44-13-11-43(4)12-14-44/h5-10,19-21H,11-18,22H2,1-4H3,(H2,41,42,48). The predicted octanol–water partition coefficient (Wildman–Crippen LogP) is 6.12. The molecule has 0 spiro atoms. The second kappa shape index (κ2) is 15.5. The van der Waals surface area contributed by atoms with Crippen molar-refractivity contribution in [3.63, 3.8) is 0 Å². The van der Waals surface area contributed by atoms with E-state index >= 15 is 4.39 Å². The van der Waals surface area contributed by atoms with Crippen LogP contribution in [0.4, 0.5) is 38.5 Å². The molecule has 0 radical (unpaired) electrons. The molecule has 3 heterocycles. The number of halogens is 4. The molecule has 2 N–H and O–H groups in total. The zero-order valence-electron chi connectivity index (χ0n) is 28.8. The number of alkyl halides is 3. The van der Waals surface area contributed by atoms with Crippen molar-refractivity contribution < 1.29 is 41.4 Å². The number of pyridine rings is 1. The number of carbonyl (C=O) groups excluding carboxylic acids is 3. The molecule has 12 nitrogen and oxygen atoms in total. The number of ether oxygens (including phenoxy) is 2. The van der Waals surface area contributed by atoms with Crippen molar-refractivity contribution in [1.82, 2.24) is 24.6 Å². The zero-order chi connectivity index (χ0) is 36.9. The fourth-order valence-electron chi connectivity index (χ4n) is 5.56. The van der Waals surface area contributed by atoms with Gasteiger partial charge in [-0.05, 0) is 63.7 Å². The number of nitrogens with one attached hydrogen (secondary N) is 2. The highest BCUT2D eigenvalue weighted by Gasteiger charge is 2.34. The maximum Gasteiger partial charge on any atom is 0.416 e. The molecule has 5 rings (SSSR count). The minimum atomic E-state index is -4.64. The maximum atomic E-state index is 15.0. The molecule has 4 amide bonds. The van der Waals surface area contributed by atoms with E-state index in [9.17, 15) is 27.6 Å². The monoisotopic (exact) mass is 715 g/mol. The highest BCUT2D eigenvalue weighted by Crippen LogP contribution is 2.35. The van der Waals surface area contributed by atoms with Gasteiger partial charge in [-0.2, -0.15) is 13.2 Å². The topological polar surface area (TPSA) is 120 Å². The fourth-order valence-corrected chi connectivity index (χ4v) is 5.56. The molecule has 0 atom stereocenters. The van der Waals surface area contributed by atoms with Crippen molar-refractivity contribution in [2.75, 3.05) is 70.0 Å². The van der Waals surface area contributed by atoms with Crippen molar-refractivity contribution in [3.8, 4) is 11.5 Å². The first-order valence-electron chi connectivity index (χ1n) is 16.4. The van der Waals surface area contributed by atoms with E-state index in [2.05, 4.69) is 20.5 Å². The van der Waals surface area contributed by atoms with E-state index in [0.29, 0.717) is 26.2 Å².